The van der Waals surface area contributed by atoms with Crippen LogP contribution in [0.4, 0.5) is 0 Å². The second kappa shape index (κ2) is 29.2. The van der Waals surface area contributed by atoms with Crippen molar-refractivity contribution in [2.75, 3.05) is 6.61 Å². The minimum atomic E-state index is -0.877. The zero-order valence-electron chi connectivity index (χ0n) is 24.8. The molecule has 4 heteroatoms. The maximum absolute atomic E-state index is 11.7. The van der Waals surface area contributed by atoms with Gasteiger partial charge in [-0.2, -0.15) is 0 Å². The number of carbonyl (C=O) groups is 2. The molecule has 0 aliphatic rings. The largest absolute Gasteiger partial charge is 0.481 e. The van der Waals surface area contributed by atoms with Crippen molar-refractivity contribution in [2.45, 2.75) is 174 Å². The van der Waals surface area contributed by atoms with E-state index in [1.807, 2.05) is 6.92 Å². The summed E-state index contributed by atoms with van der Waals surface area (Å²) in [5.74, 6) is -1.86. The van der Waals surface area contributed by atoms with Crippen LogP contribution in [0.25, 0.3) is 0 Å². The highest BCUT2D eigenvalue weighted by Crippen LogP contribution is 2.18. The van der Waals surface area contributed by atoms with Crippen LogP contribution in [0.3, 0.4) is 0 Å². The number of carboxylic acid groups (broad SMARTS) is 1. The molecule has 1 atom stereocenters. The number of ether oxygens (including phenoxy) is 1. The molecule has 0 radical (unpaired) electrons. The summed E-state index contributed by atoms with van der Waals surface area (Å²) in [7, 11) is 0. The Morgan fingerprint density at radius 3 is 1.41 bits per heavy atom. The van der Waals surface area contributed by atoms with E-state index in [-0.39, 0.29) is 12.4 Å². The molecule has 37 heavy (non-hydrogen) atoms. The van der Waals surface area contributed by atoms with Gasteiger partial charge in [0.05, 0.1) is 18.9 Å². The van der Waals surface area contributed by atoms with E-state index in [0.717, 1.165) is 25.7 Å². The monoisotopic (exact) mass is 522 g/mol. The summed E-state index contributed by atoms with van der Waals surface area (Å²) in [5, 5.41) is 9.32. The van der Waals surface area contributed by atoms with Crippen molar-refractivity contribution in [2.24, 2.45) is 5.92 Å². The van der Waals surface area contributed by atoms with E-state index in [2.05, 4.69) is 19.1 Å². The van der Waals surface area contributed by atoms with Gasteiger partial charge < -0.3 is 9.84 Å². The average molecular weight is 523 g/mol. The first-order valence-corrected chi connectivity index (χ1v) is 16.1. The Kier molecular flexibility index (Phi) is 28.2. The number of aliphatic carboxylic acids is 1. The molecule has 0 rings (SSSR count). The number of rotatable bonds is 29. The van der Waals surface area contributed by atoms with Crippen LogP contribution in [0.2, 0.25) is 0 Å². The van der Waals surface area contributed by atoms with E-state index in [9.17, 15) is 14.7 Å². The minimum absolute atomic E-state index is 0.00445. The van der Waals surface area contributed by atoms with Crippen molar-refractivity contribution in [1.82, 2.24) is 0 Å². The number of hydrogen-bond acceptors (Lipinski definition) is 3. The number of esters is 1. The minimum Gasteiger partial charge on any atom is -0.481 e. The normalized spacial score (nSPS) is 12.3. The third kappa shape index (κ3) is 27.5. The Morgan fingerprint density at radius 1 is 0.595 bits per heavy atom. The van der Waals surface area contributed by atoms with Gasteiger partial charge in [0.1, 0.15) is 0 Å². The quantitative estimate of drug-likeness (QED) is 0.0602. The van der Waals surface area contributed by atoms with Crippen molar-refractivity contribution in [1.29, 1.82) is 0 Å². The van der Waals surface area contributed by atoms with E-state index in [4.69, 9.17) is 4.74 Å². The predicted molar refractivity (Wildman–Crippen MR) is 158 cm³/mol. The number of carboxylic acids is 1. The van der Waals surface area contributed by atoms with Gasteiger partial charge in [-0.1, -0.05) is 142 Å². The molecule has 0 aromatic rings. The molecule has 0 bridgehead atoms. The molecule has 218 valence electrons. The maximum Gasteiger partial charge on any atom is 0.307 e. The summed E-state index contributed by atoms with van der Waals surface area (Å²) in [5.41, 5.74) is 0. The van der Waals surface area contributed by atoms with E-state index in [1.165, 1.54) is 122 Å². The molecule has 0 aliphatic heterocycles. The van der Waals surface area contributed by atoms with Crippen molar-refractivity contribution < 1.29 is 19.4 Å². The molecule has 1 N–H and O–H groups in total. The SMILES string of the molecule is CCCCCCCCCCCC/C=C/CCCCCCCCCCCCC(CC(=O)OCCC)C(=O)O. The molecule has 1 unspecified atom stereocenters. The highest BCUT2D eigenvalue weighted by Gasteiger charge is 2.21. The summed E-state index contributed by atoms with van der Waals surface area (Å²) in [4.78, 5) is 23.0. The van der Waals surface area contributed by atoms with Crippen molar-refractivity contribution in [3.63, 3.8) is 0 Å². The van der Waals surface area contributed by atoms with E-state index >= 15 is 0 Å². The molecule has 0 spiro atoms. The van der Waals surface area contributed by atoms with E-state index in [0.29, 0.717) is 13.0 Å². The summed E-state index contributed by atoms with van der Waals surface area (Å²) in [6.45, 7) is 4.59. The zero-order valence-corrected chi connectivity index (χ0v) is 24.8. The summed E-state index contributed by atoms with van der Waals surface area (Å²) < 4.78 is 5.02. The van der Waals surface area contributed by atoms with Crippen molar-refractivity contribution in [3.05, 3.63) is 12.2 Å². The van der Waals surface area contributed by atoms with Gasteiger partial charge in [0.25, 0.3) is 0 Å². The van der Waals surface area contributed by atoms with Crippen LogP contribution in [0.5, 0.6) is 0 Å². The van der Waals surface area contributed by atoms with Gasteiger partial charge in [0.15, 0.2) is 0 Å². The fourth-order valence-corrected chi connectivity index (χ4v) is 4.84. The fourth-order valence-electron chi connectivity index (χ4n) is 4.84. The molecule has 0 saturated carbocycles. The summed E-state index contributed by atoms with van der Waals surface area (Å²) >= 11 is 0. The fraction of sp³-hybridized carbons (Fsp3) is 0.879. The number of hydrogen-bond donors (Lipinski definition) is 1. The van der Waals surface area contributed by atoms with Gasteiger partial charge in [-0.25, -0.2) is 0 Å². The van der Waals surface area contributed by atoms with Crippen molar-refractivity contribution in [3.8, 4) is 0 Å². The molecule has 4 nitrogen and oxygen atoms in total. The van der Waals surface area contributed by atoms with Crippen LogP contribution in [-0.4, -0.2) is 23.7 Å². The molecule has 0 amide bonds. The average Bonchev–Trinajstić information content (AvgIpc) is 2.89. The third-order valence-electron chi connectivity index (χ3n) is 7.29. The first kappa shape index (κ1) is 35.7. The van der Waals surface area contributed by atoms with Crippen LogP contribution < -0.4 is 0 Å². The van der Waals surface area contributed by atoms with Gasteiger partial charge >= 0.3 is 11.9 Å². The summed E-state index contributed by atoms with van der Waals surface area (Å²) in [6, 6.07) is 0. The van der Waals surface area contributed by atoms with Gasteiger partial charge in [-0.15, -0.1) is 0 Å². The highest BCUT2D eigenvalue weighted by molar-refractivity contribution is 5.78. The lowest BCUT2D eigenvalue weighted by atomic mass is 9.97. The van der Waals surface area contributed by atoms with Crippen molar-refractivity contribution >= 4 is 11.9 Å². The molecule has 0 aromatic heterocycles. The Bertz CT molecular complexity index is 528. The smallest absolute Gasteiger partial charge is 0.307 e. The number of unbranched alkanes of at least 4 members (excludes halogenated alkanes) is 20. The van der Waals surface area contributed by atoms with Gasteiger partial charge in [0, 0.05) is 0 Å². The molecule has 0 saturated heterocycles. The Hall–Kier alpha value is -1.32. The molecular formula is C33H62O4. The first-order chi connectivity index (χ1) is 18.1. The first-order valence-electron chi connectivity index (χ1n) is 16.1. The Balaban J connectivity index is 3.36. The molecular weight excluding hydrogens is 460 g/mol. The second-order valence-electron chi connectivity index (χ2n) is 11.0. The predicted octanol–water partition coefficient (Wildman–Crippen LogP) is 10.6. The molecule has 0 heterocycles. The van der Waals surface area contributed by atoms with Crippen LogP contribution in [0, 0.1) is 5.92 Å². The van der Waals surface area contributed by atoms with E-state index in [1.54, 1.807) is 0 Å². The van der Waals surface area contributed by atoms with Crippen LogP contribution in [0.15, 0.2) is 12.2 Å². The topological polar surface area (TPSA) is 63.6 Å². The van der Waals surface area contributed by atoms with Crippen LogP contribution in [0.1, 0.15) is 174 Å². The standard InChI is InChI=1S/C33H62O4/c1-3-5-6-7-8-9-10-11-12-13-14-15-16-17-18-19-20-21-22-23-24-25-26-27-28-31(33(35)36)30-32(34)37-29-4-2/h15-16,31H,3-14,17-30H2,1-2H3,(H,35,36)/b16-15+. The van der Waals surface area contributed by atoms with E-state index < -0.39 is 11.9 Å². The number of allylic oxidation sites excluding steroid dienone is 2. The van der Waals surface area contributed by atoms with Crippen LogP contribution in [-0.2, 0) is 14.3 Å². The lowest BCUT2D eigenvalue weighted by Gasteiger charge is -2.11. The van der Waals surface area contributed by atoms with Crippen LogP contribution >= 0.6 is 0 Å². The Labute approximate surface area is 230 Å². The number of carbonyl (C=O) groups excluding carboxylic acids is 1. The molecule has 0 aromatic carbocycles. The second-order valence-corrected chi connectivity index (χ2v) is 11.0. The molecule has 0 fully saturated rings. The van der Waals surface area contributed by atoms with Gasteiger partial charge in [-0.3, -0.25) is 9.59 Å². The Morgan fingerprint density at radius 2 is 1.00 bits per heavy atom. The third-order valence-corrected chi connectivity index (χ3v) is 7.29. The highest BCUT2D eigenvalue weighted by atomic mass is 16.5. The zero-order chi connectivity index (χ0) is 27.2. The summed E-state index contributed by atoms with van der Waals surface area (Å²) in [6.07, 6.45) is 35.1. The molecule has 0 aliphatic carbocycles. The maximum atomic E-state index is 11.7. The lowest BCUT2D eigenvalue weighted by Crippen LogP contribution is -2.19. The van der Waals surface area contributed by atoms with Gasteiger partial charge in [0.2, 0.25) is 0 Å². The lowest BCUT2D eigenvalue weighted by molar-refractivity contribution is -0.151. The van der Waals surface area contributed by atoms with Gasteiger partial charge in [-0.05, 0) is 38.5 Å².